The average Bonchev–Trinajstić information content (AvgIpc) is 2.15. The number of hydrogen-bond acceptors (Lipinski definition) is 2. The van der Waals surface area contributed by atoms with Gasteiger partial charge in [-0.1, -0.05) is 26.3 Å². The van der Waals surface area contributed by atoms with Crippen LogP contribution in [0, 0.1) is 5.92 Å². The molecule has 0 aliphatic carbocycles. The van der Waals surface area contributed by atoms with Gasteiger partial charge in [0.25, 0.3) is 0 Å². The number of carbonyl (C=O) groups excluding carboxylic acids is 1. The molecule has 0 saturated carbocycles. The molecule has 3 atom stereocenters. The van der Waals surface area contributed by atoms with E-state index in [4.69, 9.17) is 5.73 Å². The molecule has 0 fully saturated rings. The molecule has 0 aromatic rings. The molecule has 0 aromatic heterocycles. The van der Waals surface area contributed by atoms with E-state index in [9.17, 15) is 4.79 Å². The van der Waals surface area contributed by atoms with Crippen LogP contribution in [0.2, 0.25) is 0 Å². The van der Waals surface area contributed by atoms with E-state index in [0.29, 0.717) is 0 Å². The van der Waals surface area contributed by atoms with Crippen molar-refractivity contribution in [1.82, 2.24) is 5.32 Å². The summed E-state index contributed by atoms with van der Waals surface area (Å²) in [5.74, 6) is 0.166. The monoisotopic (exact) mass is 198 g/mol. The van der Waals surface area contributed by atoms with E-state index < -0.39 is 6.04 Å². The van der Waals surface area contributed by atoms with Crippen molar-refractivity contribution in [2.75, 3.05) is 0 Å². The highest BCUT2D eigenvalue weighted by Crippen LogP contribution is 2.05. The van der Waals surface area contributed by atoms with Crippen molar-refractivity contribution in [3.8, 4) is 0 Å². The van der Waals surface area contributed by atoms with Crippen molar-refractivity contribution in [3.63, 3.8) is 0 Å². The molecule has 0 radical (unpaired) electrons. The molecule has 3 heteroatoms. The van der Waals surface area contributed by atoms with E-state index in [0.717, 1.165) is 12.8 Å². The molecule has 2 unspecified atom stereocenters. The Bertz CT molecular complexity index is 192. The van der Waals surface area contributed by atoms with E-state index in [2.05, 4.69) is 11.9 Å². The SMILES string of the molecule is C=CCC(C)NC(=O)[C@@H](N)C(C)CC. The fourth-order valence-corrected chi connectivity index (χ4v) is 1.16. The first-order valence-electron chi connectivity index (χ1n) is 5.19. The van der Waals surface area contributed by atoms with E-state index in [1.54, 1.807) is 6.08 Å². The second-order valence-electron chi connectivity index (χ2n) is 3.85. The van der Waals surface area contributed by atoms with E-state index >= 15 is 0 Å². The van der Waals surface area contributed by atoms with Crippen molar-refractivity contribution >= 4 is 5.91 Å². The third kappa shape index (κ3) is 4.42. The fourth-order valence-electron chi connectivity index (χ4n) is 1.16. The lowest BCUT2D eigenvalue weighted by Crippen LogP contribution is -2.47. The Kier molecular flexibility index (Phi) is 6.21. The Morgan fingerprint density at radius 1 is 1.57 bits per heavy atom. The largest absolute Gasteiger partial charge is 0.352 e. The first-order chi connectivity index (χ1) is 6.52. The van der Waals surface area contributed by atoms with Gasteiger partial charge in [0, 0.05) is 6.04 Å². The zero-order chi connectivity index (χ0) is 11.1. The molecule has 0 heterocycles. The number of amides is 1. The average molecular weight is 198 g/mol. The zero-order valence-electron chi connectivity index (χ0n) is 9.42. The molecule has 3 N–H and O–H groups in total. The second-order valence-corrected chi connectivity index (χ2v) is 3.85. The zero-order valence-corrected chi connectivity index (χ0v) is 9.42. The predicted molar refractivity (Wildman–Crippen MR) is 59.8 cm³/mol. The highest BCUT2D eigenvalue weighted by atomic mass is 16.2. The first-order valence-corrected chi connectivity index (χ1v) is 5.19. The summed E-state index contributed by atoms with van der Waals surface area (Å²) in [4.78, 5) is 11.6. The molecular weight excluding hydrogens is 176 g/mol. The summed E-state index contributed by atoms with van der Waals surface area (Å²) in [5.41, 5.74) is 5.78. The normalized spacial score (nSPS) is 16.9. The maximum Gasteiger partial charge on any atom is 0.237 e. The summed E-state index contributed by atoms with van der Waals surface area (Å²) >= 11 is 0. The lowest BCUT2D eigenvalue weighted by atomic mass is 9.99. The summed E-state index contributed by atoms with van der Waals surface area (Å²) in [6, 6.07) is -0.276. The van der Waals surface area contributed by atoms with Gasteiger partial charge in [0.2, 0.25) is 5.91 Å². The highest BCUT2D eigenvalue weighted by molar-refractivity contribution is 5.82. The summed E-state index contributed by atoms with van der Waals surface area (Å²) in [6.07, 6.45) is 3.49. The molecule has 0 aromatic carbocycles. The molecule has 0 aliphatic heterocycles. The highest BCUT2D eigenvalue weighted by Gasteiger charge is 2.19. The van der Waals surface area contributed by atoms with Gasteiger partial charge < -0.3 is 11.1 Å². The van der Waals surface area contributed by atoms with Crippen LogP contribution in [0.15, 0.2) is 12.7 Å². The van der Waals surface area contributed by atoms with Crippen LogP contribution in [0.1, 0.15) is 33.6 Å². The minimum Gasteiger partial charge on any atom is -0.352 e. The number of nitrogens with two attached hydrogens (primary N) is 1. The second kappa shape index (κ2) is 6.60. The van der Waals surface area contributed by atoms with Crippen LogP contribution in [0.3, 0.4) is 0 Å². The van der Waals surface area contributed by atoms with Crippen molar-refractivity contribution in [2.45, 2.75) is 45.7 Å². The van der Waals surface area contributed by atoms with Gasteiger partial charge >= 0.3 is 0 Å². The van der Waals surface area contributed by atoms with Crippen LogP contribution in [-0.2, 0) is 4.79 Å². The number of rotatable bonds is 6. The Balaban J connectivity index is 4.00. The van der Waals surface area contributed by atoms with Gasteiger partial charge in [-0.25, -0.2) is 0 Å². The first kappa shape index (κ1) is 13.2. The van der Waals surface area contributed by atoms with Gasteiger partial charge in [-0.15, -0.1) is 6.58 Å². The summed E-state index contributed by atoms with van der Waals surface area (Å²) in [5, 5.41) is 2.86. The minimum atomic E-state index is -0.396. The molecular formula is C11H22N2O. The lowest BCUT2D eigenvalue weighted by molar-refractivity contribution is -0.124. The fraction of sp³-hybridized carbons (Fsp3) is 0.727. The Morgan fingerprint density at radius 2 is 2.14 bits per heavy atom. The Morgan fingerprint density at radius 3 is 2.57 bits per heavy atom. The third-order valence-electron chi connectivity index (χ3n) is 2.47. The standard InChI is InChI=1S/C11H22N2O/c1-5-7-9(4)13-11(14)10(12)8(3)6-2/h5,8-10H,1,6-7,12H2,2-4H3,(H,13,14)/t8?,9?,10-/m0/s1. The Hall–Kier alpha value is -0.830. The lowest BCUT2D eigenvalue weighted by Gasteiger charge is -2.20. The van der Waals surface area contributed by atoms with Crippen molar-refractivity contribution in [1.29, 1.82) is 0 Å². The van der Waals surface area contributed by atoms with Gasteiger partial charge in [-0.05, 0) is 19.3 Å². The van der Waals surface area contributed by atoms with Crippen molar-refractivity contribution in [3.05, 3.63) is 12.7 Å². The molecule has 82 valence electrons. The van der Waals surface area contributed by atoms with E-state index in [-0.39, 0.29) is 17.9 Å². The maximum atomic E-state index is 11.6. The van der Waals surface area contributed by atoms with E-state index in [1.165, 1.54) is 0 Å². The van der Waals surface area contributed by atoms with Crippen molar-refractivity contribution in [2.24, 2.45) is 11.7 Å². The molecule has 0 bridgehead atoms. The number of hydrogen-bond donors (Lipinski definition) is 2. The summed E-state index contributed by atoms with van der Waals surface area (Å²) in [6.45, 7) is 9.59. The summed E-state index contributed by atoms with van der Waals surface area (Å²) in [7, 11) is 0. The molecule has 0 rings (SSSR count). The molecule has 0 saturated heterocycles. The van der Waals surface area contributed by atoms with Crippen LogP contribution in [0.4, 0.5) is 0 Å². The Labute approximate surface area is 86.8 Å². The smallest absolute Gasteiger partial charge is 0.237 e. The van der Waals surface area contributed by atoms with Crippen LogP contribution in [-0.4, -0.2) is 18.0 Å². The van der Waals surface area contributed by atoms with Gasteiger partial charge in [-0.3, -0.25) is 4.79 Å². The van der Waals surface area contributed by atoms with Crippen molar-refractivity contribution < 1.29 is 4.79 Å². The van der Waals surface area contributed by atoms with Gasteiger partial charge in [0.1, 0.15) is 0 Å². The number of nitrogens with one attached hydrogen (secondary N) is 1. The van der Waals surface area contributed by atoms with Gasteiger partial charge in [0.15, 0.2) is 0 Å². The predicted octanol–water partition coefficient (Wildman–Crippen LogP) is 1.44. The topological polar surface area (TPSA) is 55.1 Å². The van der Waals surface area contributed by atoms with Gasteiger partial charge in [0.05, 0.1) is 6.04 Å². The summed E-state index contributed by atoms with van der Waals surface area (Å²) < 4.78 is 0. The van der Waals surface area contributed by atoms with E-state index in [1.807, 2.05) is 20.8 Å². The molecule has 1 amide bonds. The number of carbonyl (C=O) groups is 1. The molecule has 0 aliphatic rings. The maximum absolute atomic E-state index is 11.6. The molecule has 0 spiro atoms. The quantitative estimate of drug-likeness (QED) is 0.634. The van der Waals surface area contributed by atoms with Gasteiger partial charge in [-0.2, -0.15) is 0 Å². The van der Waals surface area contributed by atoms with Crippen LogP contribution >= 0.6 is 0 Å². The van der Waals surface area contributed by atoms with Crippen LogP contribution < -0.4 is 11.1 Å². The minimum absolute atomic E-state index is 0.0614. The molecule has 3 nitrogen and oxygen atoms in total. The molecule has 14 heavy (non-hydrogen) atoms. The van der Waals surface area contributed by atoms with Crippen LogP contribution in [0.5, 0.6) is 0 Å². The third-order valence-corrected chi connectivity index (χ3v) is 2.47. The van der Waals surface area contributed by atoms with Crippen LogP contribution in [0.25, 0.3) is 0 Å².